The summed E-state index contributed by atoms with van der Waals surface area (Å²) in [5.74, 6) is 1.30. The Hall–Kier alpha value is -1.40. The number of hydrogen-bond donors (Lipinski definition) is 0. The smallest absolute Gasteiger partial charge is 0.227 e. The van der Waals surface area contributed by atoms with E-state index < -0.39 is 0 Å². The molecule has 4 aliphatic rings. The van der Waals surface area contributed by atoms with E-state index in [1.54, 1.807) is 0 Å². The number of carbonyl (C=O) groups excluding carboxylic acids is 1. The van der Waals surface area contributed by atoms with Crippen LogP contribution < -0.4 is 0 Å². The highest BCUT2D eigenvalue weighted by atomic mass is 16.5. The van der Waals surface area contributed by atoms with Crippen LogP contribution in [0.25, 0.3) is 0 Å². The fraction of sp³-hybridized carbons (Fsp3) is 0.778. The third-order valence-electron chi connectivity index (χ3n) is 6.04. The van der Waals surface area contributed by atoms with Gasteiger partial charge in [-0.3, -0.25) is 9.69 Å². The van der Waals surface area contributed by atoms with Gasteiger partial charge in [-0.1, -0.05) is 5.16 Å². The van der Waals surface area contributed by atoms with E-state index in [0.29, 0.717) is 24.5 Å². The lowest BCUT2D eigenvalue weighted by Crippen LogP contribution is -2.48. The van der Waals surface area contributed by atoms with Gasteiger partial charge in [0.25, 0.3) is 0 Å². The predicted octanol–water partition coefficient (Wildman–Crippen LogP) is 1.89. The first-order chi connectivity index (χ1) is 11.6. The lowest BCUT2D eigenvalue weighted by molar-refractivity contribution is -0.140. The Morgan fingerprint density at radius 1 is 1.08 bits per heavy atom. The molecule has 4 fully saturated rings. The van der Waals surface area contributed by atoms with Crippen LogP contribution in [0, 0.1) is 19.8 Å². The van der Waals surface area contributed by atoms with Crippen LogP contribution in [0.2, 0.25) is 0 Å². The van der Waals surface area contributed by atoms with Crippen LogP contribution in [0.1, 0.15) is 42.7 Å². The van der Waals surface area contributed by atoms with Crippen molar-refractivity contribution in [2.45, 2.75) is 58.2 Å². The molecule has 0 radical (unpaired) electrons. The van der Waals surface area contributed by atoms with Crippen molar-refractivity contribution in [2.75, 3.05) is 26.3 Å². The molecule has 24 heavy (non-hydrogen) atoms. The molecule has 5 rings (SSSR count). The van der Waals surface area contributed by atoms with Gasteiger partial charge < -0.3 is 14.2 Å². The van der Waals surface area contributed by atoms with Gasteiger partial charge in [-0.25, -0.2) is 0 Å². The van der Waals surface area contributed by atoms with E-state index in [0.717, 1.165) is 69.0 Å². The molecule has 2 bridgehead atoms. The van der Waals surface area contributed by atoms with E-state index in [9.17, 15) is 4.79 Å². The highest BCUT2D eigenvalue weighted by molar-refractivity contribution is 5.80. The van der Waals surface area contributed by atoms with E-state index in [1.165, 1.54) is 0 Å². The molecule has 4 saturated heterocycles. The normalized spacial score (nSPS) is 29.2. The molecular weight excluding hydrogens is 306 g/mol. The van der Waals surface area contributed by atoms with Gasteiger partial charge in [-0.2, -0.15) is 0 Å². The molecule has 0 N–H and O–H groups in total. The van der Waals surface area contributed by atoms with Crippen LogP contribution >= 0.6 is 0 Å². The maximum atomic E-state index is 13.0. The minimum absolute atomic E-state index is 0.145. The van der Waals surface area contributed by atoms with Gasteiger partial charge in [0.1, 0.15) is 5.76 Å². The van der Waals surface area contributed by atoms with Gasteiger partial charge in [0, 0.05) is 44.0 Å². The number of nitrogens with zero attached hydrogens (tertiary/aromatic N) is 3. The van der Waals surface area contributed by atoms with E-state index in [4.69, 9.17) is 9.26 Å². The molecule has 5 heterocycles. The van der Waals surface area contributed by atoms with Gasteiger partial charge >= 0.3 is 0 Å². The number of hydrogen-bond acceptors (Lipinski definition) is 5. The van der Waals surface area contributed by atoms with Crippen molar-refractivity contribution in [3.63, 3.8) is 0 Å². The molecule has 2 atom stereocenters. The molecule has 1 aromatic heterocycles. The fourth-order valence-electron chi connectivity index (χ4n) is 4.53. The largest absolute Gasteiger partial charge is 0.381 e. The molecule has 0 unspecified atom stereocenters. The SMILES string of the molecule is Cc1noc(C)c1CN1C(=O)[C@H]2CC[C@@H]1CN(C1CCOCC1)C2. The first-order valence-corrected chi connectivity index (χ1v) is 9.17. The Morgan fingerprint density at radius 2 is 1.88 bits per heavy atom. The van der Waals surface area contributed by atoms with Crippen LogP contribution in [-0.2, 0) is 16.1 Å². The molecule has 0 saturated carbocycles. The summed E-state index contributed by atoms with van der Waals surface area (Å²) in [6, 6.07) is 0.890. The first-order valence-electron chi connectivity index (χ1n) is 9.17. The number of amides is 1. The molecule has 0 aliphatic carbocycles. The topological polar surface area (TPSA) is 58.8 Å². The lowest BCUT2D eigenvalue weighted by atomic mass is 9.93. The molecule has 0 spiro atoms. The van der Waals surface area contributed by atoms with E-state index in [-0.39, 0.29) is 5.92 Å². The van der Waals surface area contributed by atoms with Crippen LogP contribution in [0.4, 0.5) is 0 Å². The van der Waals surface area contributed by atoms with Crippen molar-refractivity contribution in [3.05, 3.63) is 17.0 Å². The minimum atomic E-state index is 0.145. The van der Waals surface area contributed by atoms with E-state index in [1.807, 2.05) is 13.8 Å². The molecule has 132 valence electrons. The van der Waals surface area contributed by atoms with Crippen molar-refractivity contribution in [1.29, 1.82) is 0 Å². The molecule has 6 heteroatoms. The van der Waals surface area contributed by atoms with Crippen molar-refractivity contribution in [1.82, 2.24) is 15.0 Å². The Bertz CT molecular complexity index is 589. The minimum Gasteiger partial charge on any atom is -0.381 e. The van der Waals surface area contributed by atoms with Gasteiger partial charge in [0.05, 0.1) is 18.2 Å². The van der Waals surface area contributed by atoms with E-state index in [2.05, 4.69) is 15.0 Å². The summed E-state index contributed by atoms with van der Waals surface area (Å²) in [4.78, 5) is 17.7. The van der Waals surface area contributed by atoms with Gasteiger partial charge in [-0.15, -0.1) is 0 Å². The van der Waals surface area contributed by atoms with Gasteiger partial charge in [-0.05, 0) is 39.5 Å². The summed E-state index contributed by atoms with van der Waals surface area (Å²) >= 11 is 0. The Labute approximate surface area is 143 Å². The average Bonchev–Trinajstić information content (AvgIpc) is 2.79. The summed E-state index contributed by atoms with van der Waals surface area (Å²) < 4.78 is 10.8. The first kappa shape index (κ1) is 16.1. The zero-order valence-corrected chi connectivity index (χ0v) is 14.7. The second-order valence-corrected chi connectivity index (χ2v) is 7.49. The number of rotatable bonds is 3. The Balaban J connectivity index is 1.53. The summed E-state index contributed by atoms with van der Waals surface area (Å²) in [5.41, 5.74) is 1.98. The van der Waals surface area contributed by atoms with Crippen LogP contribution in [-0.4, -0.2) is 59.3 Å². The standard InChI is InChI=1S/C18H27N3O3/c1-12-17(13(2)24-19-12)11-21-16-4-3-14(18(21)22)9-20(10-16)15-5-7-23-8-6-15/h14-16H,3-11H2,1-2H3/t14-,16+/m0/s1. The quantitative estimate of drug-likeness (QED) is 0.845. The lowest BCUT2D eigenvalue weighted by Gasteiger charge is -2.37. The van der Waals surface area contributed by atoms with Crippen LogP contribution in [0.15, 0.2) is 4.52 Å². The molecule has 4 aliphatic heterocycles. The molecule has 0 aromatic carbocycles. The second kappa shape index (κ2) is 6.48. The van der Waals surface area contributed by atoms with Crippen LogP contribution in [0.3, 0.4) is 0 Å². The number of fused-ring (bicyclic) bond motifs is 4. The molecular formula is C18H27N3O3. The molecule has 1 amide bonds. The fourth-order valence-corrected chi connectivity index (χ4v) is 4.53. The number of carbonyl (C=O) groups is 1. The van der Waals surface area contributed by atoms with Crippen molar-refractivity contribution < 1.29 is 14.1 Å². The van der Waals surface area contributed by atoms with Gasteiger partial charge in [0.2, 0.25) is 5.91 Å². The summed E-state index contributed by atoms with van der Waals surface area (Å²) in [7, 11) is 0. The number of aryl methyl sites for hydroxylation is 2. The van der Waals surface area contributed by atoms with Crippen molar-refractivity contribution in [3.8, 4) is 0 Å². The third-order valence-corrected chi connectivity index (χ3v) is 6.04. The predicted molar refractivity (Wildman–Crippen MR) is 88.5 cm³/mol. The number of piperidine rings is 1. The average molecular weight is 333 g/mol. The Morgan fingerprint density at radius 3 is 2.58 bits per heavy atom. The van der Waals surface area contributed by atoms with Crippen LogP contribution in [0.5, 0.6) is 0 Å². The van der Waals surface area contributed by atoms with Gasteiger partial charge in [0.15, 0.2) is 0 Å². The zero-order chi connectivity index (χ0) is 16.7. The summed E-state index contributed by atoms with van der Waals surface area (Å²) in [5, 5.41) is 4.04. The Kier molecular flexibility index (Phi) is 4.35. The number of ether oxygens (including phenoxy) is 1. The van der Waals surface area contributed by atoms with Crippen molar-refractivity contribution in [2.24, 2.45) is 5.92 Å². The maximum Gasteiger partial charge on any atom is 0.227 e. The maximum absolute atomic E-state index is 13.0. The monoisotopic (exact) mass is 333 g/mol. The van der Waals surface area contributed by atoms with Crippen molar-refractivity contribution >= 4 is 5.91 Å². The summed E-state index contributed by atoms with van der Waals surface area (Å²) in [6.07, 6.45) is 4.33. The zero-order valence-electron chi connectivity index (χ0n) is 14.7. The highest BCUT2D eigenvalue weighted by Crippen LogP contribution is 2.33. The highest BCUT2D eigenvalue weighted by Gasteiger charge is 2.42. The molecule has 1 aromatic rings. The summed E-state index contributed by atoms with van der Waals surface area (Å²) in [6.45, 7) is 8.16. The second-order valence-electron chi connectivity index (χ2n) is 7.49. The number of aromatic nitrogens is 1. The molecule has 6 nitrogen and oxygen atoms in total. The third kappa shape index (κ3) is 2.86. The van der Waals surface area contributed by atoms with E-state index >= 15 is 0 Å².